The normalized spacial score (nSPS) is 10.7. The predicted molar refractivity (Wildman–Crippen MR) is 71.3 cm³/mol. The van der Waals surface area contributed by atoms with Crippen molar-refractivity contribution < 1.29 is 4.79 Å². The Hall–Kier alpha value is -2.11. The van der Waals surface area contributed by atoms with Gasteiger partial charge in [-0.05, 0) is 19.9 Å². The van der Waals surface area contributed by atoms with Crippen LogP contribution < -0.4 is 0 Å². The standard InChI is InChI=1S/C13H19N5O/c1-4-17-8-7-14-12(17)9-16(3)13(19)10-18-11(2)5-6-15-18/h5-8H,4,9-10H2,1-3H3. The van der Waals surface area contributed by atoms with Gasteiger partial charge in [0.25, 0.3) is 0 Å². The first kappa shape index (κ1) is 13.3. The van der Waals surface area contributed by atoms with Crippen LogP contribution in [0.25, 0.3) is 0 Å². The van der Waals surface area contributed by atoms with Crippen LogP contribution in [0.2, 0.25) is 0 Å². The highest BCUT2D eigenvalue weighted by Gasteiger charge is 2.13. The Labute approximate surface area is 112 Å². The summed E-state index contributed by atoms with van der Waals surface area (Å²) < 4.78 is 3.73. The maximum absolute atomic E-state index is 12.1. The van der Waals surface area contributed by atoms with Crippen molar-refractivity contribution in [3.63, 3.8) is 0 Å². The molecule has 1 amide bonds. The fourth-order valence-corrected chi connectivity index (χ4v) is 1.89. The van der Waals surface area contributed by atoms with E-state index in [1.54, 1.807) is 29.0 Å². The number of aromatic nitrogens is 4. The summed E-state index contributed by atoms with van der Waals surface area (Å²) in [4.78, 5) is 18.1. The van der Waals surface area contributed by atoms with Crippen LogP contribution in [-0.2, 0) is 24.4 Å². The van der Waals surface area contributed by atoms with Crippen LogP contribution in [0.4, 0.5) is 0 Å². The maximum Gasteiger partial charge on any atom is 0.244 e. The molecule has 0 saturated carbocycles. The summed E-state index contributed by atoms with van der Waals surface area (Å²) in [6.07, 6.45) is 5.38. The molecular formula is C13H19N5O. The molecule has 6 nitrogen and oxygen atoms in total. The molecule has 2 heterocycles. The minimum absolute atomic E-state index is 0.0254. The number of hydrogen-bond donors (Lipinski definition) is 0. The Bertz CT molecular complexity index is 557. The fraction of sp³-hybridized carbons (Fsp3) is 0.462. The van der Waals surface area contributed by atoms with E-state index < -0.39 is 0 Å². The molecule has 2 aromatic heterocycles. The summed E-state index contributed by atoms with van der Waals surface area (Å²) in [5, 5.41) is 4.12. The summed E-state index contributed by atoms with van der Waals surface area (Å²) in [6, 6.07) is 1.89. The van der Waals surface area contributed by atoms with Gasteiger partial charge >= 0.3 is 0 Å². The van der Waals surface area contributed by atoms with Gasteiger partial charge in [0.1, 0.15) is 12.4 Å². The number of rotatable bonds is 5. The average Bonchev–Trinajstić information content (AvgIpc) is 2.99. The maximum atomic E-state index is 12.1. The number of nitrogens with zero attached hydrogens (tertiary/aromatic N) is 5. The van der Waals surface area contributed by atoms with Crippen LogP contribution in [0.5, 0.6) is 0 Å². The molecule has 0 spiro atoms. The lowest BCUT2D eigenvalue weighted by atomic mass is 10.4. The van der Waals surface area contributed by atoms with Crippen LogP contribution in [0.15, 0.2) is 24.7 Å². The van der Waals surface area contributed by atoms with Gasteiger partial charge in [-0.15, -0.1) is 0 Å². The zero-order valence-electron chi connectivity index (χ0n) is 11.6. The topological polar surface area (TPSA) is 56.0 Å². The van der Waals surface area contributed by atoms with E-state index in [1.807, 2.05) is 23.8 Å². The number of imidazole rings is 1. The summed E-state index contributed by atoms with van der Waals surface area (Å²) in [6.45, 7) is 5.63. The lowest BCUT2D eigenvalue weighted by Crippen LogP contribution is -2.31. The molecule has 102 valence electrons. The van der Waals surface area contributed by atoms with Crippen LogP contribution in [0, 0.1) is 6.92 Å². The summed E-state index contributed by atoms with van der Waals surface area (Å²) in [5.41, 5.74) is 0.983. The first-order chi connectivity index (χ1) is 9.11. The third-order valence-corrected chi connectivity index (χ3v) is 3.16. The van der Waals surface area contributed by atoms with Gasteiger partial charge in [-0.25, -0.2) is 4.98 Å². The SMILES string of the molecule is CCn1ccnc1CN(C)C(=O)Cn1nccc1C. The van der Waals surface area contributed by atoms with E-state index in [4.69, 9.17) is 0 Å². The van der Waals surface area contributed by atoms with Crippen molar-refractivity contribution in [1.29, 1.82) is 0 Å². The Morgan fingerprint density at radius 2 is 2.21 bits per heavy atom. The zero-order chi connectivity index (χ0) is 13.8. The van der Waals surface area contributed by atoms with Crippen molar-refractivity contribution in [2.45, 2.75) is 33.5 Å². The number of aryl methyl sites for hydroxylation is 2. The second-order valence-electron chi connectivity index (χ2n) is 4.51. The molecule has 2 aromatic rings. The molecular weight excluding hydrogens is 242 g/mol. The van der Waals surface area contributed by atoms with Gasteiger partial charge in [0.2, 0.25) is 5.91 Å². The number of likely N-dealkylation sites (N-methyl/N-ethyl adjacent to an activating group) is 1. The molecule has 0 aliphatic rings. The largest absolute Gasteiger partial charge is 0.337 e. The fourth-order valence-electron chi connectivity index (χ4n) is 1.89. The molecule has 0 aliphatic carbocycles. The number of hydrogen-bond acceptors (Lipinski definition) is 3. The lowest BCUT2D eigenvalue weighted by Gasteiger charge is -2.17. The van der Waals surface area contributed by atoms with Crippen molar-refractivity contribution in [1.82, 2.24) is 24.2 Å². The van der Waals surface area contributed by atoms with Gasteiger partial charge in [0.15, 0.2) is 0 Å². The third kappa shape index (κ3) is 3.01. The second-order valence-corrected chi connectivity index (χ2v) is 4.51. The highest BCUT2D eigenvalue weighted by atomic mass is 16.2. The molecule has 6 heteroatoms. The predicted octanol–water partition coefficient (Wildman–Crippen LogP) is 1.07. The van der Waals surface area contributed by atoms with Gasteiger partial charge in [-0.1, -0.05) is 0 Å². The molecule has 2 rings (SSSR count). The number of carbonyl (C=O) groups is 1. The molecule has 0 bridgehead atoms. The molecule has 19 heavy (non-hydrogen) atoms. The highest BCUT2D eigenvalue weighted by Crippen LogP contribution is 2.03. The average molecular weight is 261 g/mol. The highest BCUT2D eigenvalue weighted by molar-refractivity contribution is 5.75. The number of amides is 1. The molecule has 0 atom stereocenters. The third-order valence-electron chi connectivity index (χ3n) is 3.16. The first-order valence-corrected chi connectivity index (χ1v) is 6.34. The summed E-state index contributed by atoms with van der Waals surface area (Å²) in [5.74, 6) is 0.924. The van der Waals surface area contributed by atoms with E-state index >= 15 is 0 Å². The quantitative estimate of drug-likeness (QED) is 0.809. The van der Waals surface area contributed by atoms with Crippen molar-refractivity contribution in [3.8, 4) is 0 Å². The van der Waals surface area contributed by atoms with Gasteiger partial charge in [0.05, 0.1) is 6.54 Å². The van der Waals surface area contributed by atoms with Crippen LogP contribution in [0.1, 0.15) is 18.4 Å². The van der Waals surface area contributed by atoms with Gasteiger partial charge in [0, 0.05) is 37.9 Å². The lowest BCUT2D eigenvalue weighted by molar-refractivity contribution is -0.131. The van der Waals surface area contributed by atoms with Crippen molar-refractivity contribution in [3.05, 3.63) is 36.2 Å². The van der Waals surface area contributed by atoms with E-state index in [-0.39, 0.29) is 12.5 Å². The zero-order valence-corrected chi connectivity index (χ0v) is 11.6. The van der Waals surface area contributed by atoms with E-state index in [9.17, 15) is 4.79 Å². The monoisotopic (exact) mass is 261 g/mol. The van der Waals surface area contributed by atoms with Gasteiger partial charge in [-0.2, -0.15) is 5.10 Å². The Kier molecular flexibility index (Phi) is 3.99. The molecule has 0 unspecified atom stereocenters. The molecule has 0 fully saturated rings. The van der Waals surface area contributed by atoms with Crippen molar-refractivity contribution >= 4 is 5.91 Å². The second kappa shape index (κ2) is 5.69. The summed E-state index contributed by atoms with van der Waals surface area (Å²) in [7, 11) is 1.79. The van der Waals surface area contributed by atoms with E-state index in [1.165, 1.54) is 0 Å². The molecule has 0 aromatic carbocycles. The van der Waals surface area contributed by atoms with Crippen molar-refractivity contribution in [2.75, 3.05) is 7.05 Å². The molecule has 0 N–H and O–H groups in total. The van der Waals surface area contributed by atoms with Crippen LogP contribution in [0.3, 0.4) is 0 Å². The van der Waals surface area contributed by atoms with Crippen LogP contribution >= 0.6 is 0 Å². The Balaban J connectivity index is 1.98. The number of carbonyl (C=O) groups excluding carboxylic acids is 1. The van der Waals surface area contributed by atoms with E-state index in [0.29, 0.717) is 6.54 Å². The Morgan fingerprint density at radius 1 is 1.42 bits per heavy atom. The van der Waals surface area contributed by atoms with Gasteiger partial charge < -0.3 is 9.47 Å². The first-order valence-electron chi connectivity index (χ1n) is 6.34. The van der Waals surface area contributed by atoms with E-state index in [0.717, 1.165) is 18.1 Å². The van der Waals surface area contributed by atoms with Crippen molar-refractivity contribution in [2.24, 2.45) is 0 Å². The molecule has 0 aliphatic heterocycles. The van der Waals surface area contributed by atoms with Gasteiger partial charge in [-0.3, -0.25) is 9.48 Å². The minimum atomic E-state index is 0.0254. The van der Waals surface area contributed by atoms with E-state index in [2.05, 4.69) is 17.0 Å². The molecule has 0 radical (unpaired) electrons. The Morgan fingerprint density at radius 3 is 2.84 bits per heavy atom. The summed E-state index contributed by atoms with van der Waals surface area (Å²) >= 11 is 0. The minimum Gasteiger partial charge on any atom is -0.337 e. The van der Waals surface area contributed by atoms with Crippen LogP contribution in [-0.4, -0.2) is 37.2 Å². The molecule has 0 saturated heterocycles. The smallest absolute Gasteiger partial charge is 0.244 e.